The van der Waals surface area contributed by atoms with Crippen molar-refractivity contribution in [2.45, 2.75) is 20.8 Å². The molecule has 5 nitrogen and oxygen atoms in total. The number of carbonyl (C=O) groups excluding carboxylic acids is 2. The first-order valence-electron chi connectivity index (χ1n) is 7.83. The minimum atomic E-state index is -0.443. The first-order valence-corrected chi connectivity index (χ1v) is 7.83. The van der Waals surface area contributed by atoms with Crippen LogP contribution in [0.2, 0.25) is 0 Å². The van der Waals surface area contributed by atoms with E-state index >= 15 is 0 Å². The lowest BCUT2D eigenvalue weighted by atomic mass is 9.94. The van der Waals surface area contributed by atoms with Crippen molar-refractivity contribution in [3.05, 3.63) is 30.1 Å². The molecule has 0 aliphatic carbocycles. The first kappa shape index (κ1) is 17.4. The Morgan fingerprint density at radius 3 is 2.30 bits per heavy atom. The van der Waals surface area contributed by atoms with E-state index in [0.717, 1.165) is 0 Å². The van der Waals surface area contributed by atoms with Crippen molar-refractivity contribution in [1.29, 1.82) is 0 Å². The molecule has 1 aliphatic rings. The molecule has 126 valence electrons. The molecular weight excluding hydrogens is 297 g/mol. The lowest BCUT2D eigenvalue weighted by molar-refractivity contribution is -0.141. The van der Waals surface area contributed by atoms with E-state index in [-0.39, 0.29) is 29.5 Å². The Hall–Kier alpha value is -1.95. The van der Waals surface area contributed by atoms with Crippen molar-refractivity contribution in [2.24, 2.45) is 5.41 Å². The van der Waals surface area contributed by atoms with Gasteiger partial charge in [-0.2, -0.15) is 0 Å². The third-order valence-electron chi connectivity index (χ3n) is 3.82. The van der Waals surface area contributed by atoms with Gasteiger partial charge < -0.3 is 10.2 Å². The van der Waals surface area contributed by atoms with Gasteiger partial charge in [0, 0.05) is 31.6 Å². The Bertz CT molecular complexity index is 575. The van der Waals surface area contributed by atoms with Gasteiger partial charge in [0.05, 0.1) is 12.2 Å². The number of benzene rings is 1. The predicted molar refractivity (Wildman–Crippen MR) is 87.5 cm³/mol. The number of nitrogens with zero attached hydrogens (tertiary/aromatic N) is 2. The van der Waals surface area contributed by atoms with Crippen molar-refractivity contribution < 1.29 is 14.0 Å². The fraction of sp³-hybridized carbons (Fsp3) is 0.529. The van der Waals surface area contributed by atoms with Gasteiger partial charge in [-0.15, -0.1) is 0 Å². The van der Waals surface area contributed by atoms with Gasteiger partial charge >= 0.3 is 0 Å². The number of amides is 2. The molecule has 6 heteroatoms. The summed E-state index contributed by atoms with van der Waals surface area (Å²) in [5.41, 5.74) is -0.191. The minimum absolute atomic E-state index is 0.132. The van der Waals surface area contributed by atoms with Crippen LogP contribution in [-0.4, -0.2) is 54.3 Å². The molecule has 2 rings (SSSR count). The largest absolute Gasteiger partial charge is 0.340 e. The lowest BCUT2D eigenvalue weighted by Gasteiger charge is -2.37. The van der Waals surface area contributed by atoms with Gasteiger partial charge in [-0.1, -0.05) is 32.9 Å². The smallest absolute Gasteiger partial charge is 0.238 e. The van der Waals surface area contributed by atoms with Gasteiger partial charge in [-0.05, 0) is 12.1 Å². The van der Waals surface area contributed by atoms with Crippen molar-refractivity contribution in [2.75, 3.05) is 38.0 Å². The second kappa shape index (κ2) is 7.08. The second-order valence-electron chi connectivity index (χ2n) is 6.85. The van der Waals surface area contributed by atoms with E-state index in [9.17, 15) is 14.0 Å². The molecule has 0 radical (unpaired) electrons. The van der Waals surface area contributed by atoms with Crippen molar-refractivity contribution in [1.82, 2.24) is 9.80 Å². The van der Waals surface area contributed by atoms with Crippen LogP contribution in [0.15, 0.2) is 24.3 Å². The molecule has 1 aromatic rings. The normalized spacial score (nSPS) is 16.3. The molecule has 1 fully saturated rings. The molecule has 2 amide bonds. The molecule has 1 N–H and O–H groups in total. The summed E-state index contributed by atoms with van der Waals surface area (Å²) in [6.45, 7) is 8.44. The molecule has 0 saturated carbocycles. The third kappa shape index (κ3) is 4.76. The molecule has 0 aromatic heterocycles. The van der Waals surface area contributed by atoms with E-state index in [1.807, 2.05) is 30.6 Å². The molecule has 1 heterocycles. The van der Waals surface area contributed by atoms with E-state index in [1.165, 1.54) is 12.1 Å². The molecular formula is C17H24FN3O2. The lowest BCUT2D eigenvalue weighted by Crippen LogP contribution is -2.52. The summed E-state index contributed by atoms with van der Waals surface area (Å²) in [6, 6.07) is 6.10. The van der Waals surface area contributed by atoms with Crippen LogP contribution in [0.25, 0.3) is 0 Å². The maximum Gasteiger partial charge on any atom is 0.238 e. The molecule has 0 atom stereocenters. The van der Waals surface area contributed by atoms with Gasteiger partial charge in [0.1, 0.15) is 5.82 Å². The van der Waals surface area contributed by atoms with Crippen molar-refractivity contribution in [3.8, 4) is 0 Å². The number of hydrogen-bond donors (Lipinski definition) is 1. The molecule has 1 aromatic carbocycles. The van der Waals surface area contributed by atoms with Crippen LogP contribution in [-0.2, 0) is 9.59 Å². The van der Waals surface area contributed by atoms with Crippen LogP contribution < -0.4 is 5.32 Å². The first-order chi connectivity index (χ1) is 10.8. The monoisotopic (exact) mass is 321 g/mol. The van der Waals surface area contributed by atoms with Crippen LogP contribution in [0, 0.1) is 11.2 Å². The summed E-state index contributed by atoms with van der Waals surface area (Å²) in [6.07, 6.45) is 0. The Balaban J connectivity index is 1.81. The highest BCUT2D eigenvalue weighted by atomic mass is 19.1. The number of anilines is 1. The van der Waals surface area contributed by atoms with E-state index in [1.54, 1.807) is 12.1 Å². The fourth-order valence-corrected chi connectivity index (χ4v) is 2.54. The average molecular weight is 321 g/mol. The molecule has 23 heavy (non-hydrogen) atoms. The number of piperazine rings is 1. The maximum atomic E-state index is 13.5. The second-order valence-corrected chi connectivity index (χ2v) is 6.85. The van der Waals surface area contributed by atoms with Crippen LogP contribution in [0.4, 0.5) is 10.1 Å². The third-order valence-corrected chi connectivity index (χ3v) is 3.82. The van der Waals surface area contributed by atoms with Gasteiger partial charge in [0.2, 0.25) is 11.8 Å². The SMILES string of the molecule is CC(C)(C)C(=O)N1CCN(CC(=O)Nc2ccccc2F)CC1. The van der Waals surface area contributed by atoms with E-state index in [2.05, 4.69) is 5.32 Å². The van der Waals surface area contributed by atoms with Crippen LogP contribution in [0.5, 0.6) is 0 Å². The number of carbonyl (C=O) groups is 2. The van der Waals surface area contributed by atoms with Gasteiger partial charge in [-0.25, -0.2) is 4.39 Å². The Morgan fingerprint density at radius 2 is 1.74 bits per heavy atom. The summed E-state index contributed by atoms with van der Waals surface area (Å²) in [7, 11) is 0. The fourth-order valence-electron chi connectivity index (χ4n) is 2.54. The zero-order chi connectivity index (χ0) is 17.0. The summed E-state index contributed by atoms with van der Waals surface area (Å²) >= 11 is 0. The zero-order valence-electron chi connectivity index (χ0n) is 13.9. The van der Waals surface area contributed by atoms with E-state index in [0.29, 0.717) is 26.2 Å². The summed E-state index contributed by atoms with van der Waals surface area (Å²) in [5.74, 6) is -0.555. The van der Waals surface area contributed by atoms with Crippen LogP contribution >= 0.6 is 0 Å². The minimum Gasteiger partial charge on any atom is -0.340 e. The zero-order valence-corrected chi connectivity index (χ0v) is 13.9. The maximum absolute atomic E-state index is 13.5. The molecule has 0 spiro atoms. The summed E-state index contributed by atoms with van der Waals surface area (Å²) in [4.78, 5) is 28.0. The number of para-hydroxylation sites is 1. The number of rotatable bonds is 3. The number of halogens is 1. The van der Waals surface area contributed by atoms with E-state index < -0.39 is 5.82 Å². The highest BCUT2D eigenvalue weighted by molar-refractivity contribution is 5.92. The molecule has 0 unspecified atom stereocenters. The highest BCUT2D eigenvalue weighted by Gasteiger charge is 2.30. The average Bonchev–Trinajstić information content (AvgIpc) is 2.49. The van der Waals surface area contributed by atoms with Crippen molar-refractivity contribution >= 4 is 17.5 Å². The summed E-state index contributed by atoms with van der Waals surface area (Å²) in [5, 5.41) is 2.58. The predicted octanol–water partition coefficient (Wildman–Crippen LogP) is 1.95. The van der Waals surface area contributed by atoms with Crippen LogP contribution in [0.3, 0.4) is 0 Å². The molecule has 1 saturated heterocycles. The van der Waals surface area contributed by atoms with Gasteiger partial charge in [-0.3, -0.25) is 14.5 Å². The Kier molecular flexibility index (Phi) is 5.36. The quantitative estimate of drug-likeness (QED) is 0.926. The van der Waals surface area contributed by atoms with Gasteiger partial charge in [0.25, 0.3) is 0 Å². The van der Waals surface area contributed by atoms with E-state index in [4.69, 9.17) is 0 Å². The topological polar surface area (TPSA) is 52.7 Å². The van der Waals surface area contributed by atoms with Crippen molar-refractivity contribution in [3.63, 3.8) is 0 Å². The molecule has 1 aliphatic heterocycles. The number of hydrogen-bond acceptors (Lipinski definition) is 3. The number of nitrogens with one attached hydrogen (secondary N) is 1. The highest BCUT2D eigenvalue weighted by Crippen LogP contribution is 2.18. The Labute approximate surface area is 136 Å². The molecule has 0 bridgehead atoms. The van der Waals surface area contributed by atoms with Gasteiger partial charge in [0.15, 0.2) is 0 Å². The van der Waals surface area contributed by atoms with Crippen LogP contribution in [0.1, 0.15) is 20.8 Å². The Morgan fingerprint density at radius 1 is 1.13 bits per heavy atom. The standard InChI is InChI=1S/C17H24FN3O2/c1-17(2,3)16(23)21-10-8-20(9-11-21)12-15(22)19-14-7-5-4-6-13(14)18/h4-7H,8-12H2,1-3H3,(H,19,22). The summed E-state index contributed by atoms with van der Waals surface area (Å²) < 4.78 is 13.5.